The van der Waals surface area contributed by atoms with Crippen LogP contribution in [0.2, 0.25) is 0 Å². The molecule has 0 fully saturated rings. The Balaban J connectivity index is 2.54. The molecule has 6 heteroatoms. The molecule has 0 radical (unpaired) electrons. The molecule has 1 heterocycles. The van der Waals surface area contributed by atoms with Gasteiger partial charge < -0.3 is 4.42 Å². The van der Waals surface area contributed by atoms with E-state index >= 15 is 0 Å². The second kappa shape index (κ2) is 3.66. The van der Waals surface area contributed by atoms with Crippen LogP contribution in [0.15, 0.2) is 22.6 Å². The Bertz CT molecular complexity index is 518. The van der Waals surface area contributed by atoms with Crippen molar-refractivity contribution >= 4 is 22.7 Å². The highest BCUT2D eigenvalue weighted by Gasteiger charge is 2.31. The van der Waals surface area contributed by atoms with E-state index in [2.05, 4.69) is 4.98 Å². The summed E-state index contributed by atoms with van der Waals surface area (Å²) in [6.45, 7) is 1.64. The Labute approximate surface area is 94.0 Å². The van der Waals surface area contributed by atoms with Gasteiger partial charge in [0.2, 0.25) is 5.89 Å². The second-order valence-corrected chi connectivity index (χ2v) is 4.00. The van der Waals surface area contributed by atoms with Crippen molar-refractivity contribution in [2.75, 3.05) is 0 Å². The Morgan fingerprint density at radius 1 is 1.38 bits per heavy atom. The van der Waals surface area contributed by atoms with Gasteiger partial charge in [0, 0.05) is 0 Å². The van der Waals surface area contributed by atoms with Crippen molar-refractivity contribution in [2.45, 2.75) is 18.5 Å². The van der Waals surface area contributed by atoms with Crippen LogP contribution in [-0.2, 0) is 6.18 Å². The maximum atomic E-state index is 12.4. The molecule has 0 saturated heterocycles. The van der Waals surface area contributed by atoms with Gasteiger partial charge in [-0.3, -0.25) is 0 Å². The second-order valence-electron chi connectivity index (χ2n) is 3.35. The molecule has 0 aliphatic carbocycles. The van der Waals surface area contributed by atoms with Gasteiger partial charge in [-0.05, 0) is 25.1 Å². The zero-order chi connectivity index (χ0) is 11.9. The lowest BCUT2D eigenvalue weighted by Gasteiger charge is -2.04. The van der Waals surface area contributed by atoms with Gasteiger partial charge in [0.25, 0.3) is 0 Å². The number of hydrogen-bond donors (Lipinski definition) is 0. The molecule has 2 rings (SSSR count). The normalized spacial score (nSPS) is 14.3. The van der Waals surface area contributed by atoms with Gasteiger partial charge in [-0.2, -0.15) is 13.2 Å². The number of benzene rings is 1. The number of nitrogens with zero attached hydrogens (tertiary/aromatic N) is 1. The molecule has 0 saturated carbocycles. The minimum absolute atomic E-state index is 0.164. The summed E-state index contributed by atoms with van der Waals surface area (Å²) in [5.41, 5.74) is -0.282. The van der Waals surface area contributed by atoms with E-state index in [1.54, 1.807) is 6.92 Å². The number of halogens is 4. The largest absolute Gasteiger partial charge is 0.439 e. The number of fused-ring (bicyclic) bond motifs is 1. The van der Waals surface area contributed by atoms with E-state index in [-0.39, 0.29) is 11.4 Å². The Morgan fingerprint density at radius 3 is 2.62 bits per heavy atom. The SMILES string of the molecule is CC(Cl)c1nc2cc(C(F)(F)F)ccc2o1. The molecule has 0 spiro atoms. The van der Waals surface area contributed by atoms with Crippen molar-refractivity contribution in [1.82, 2.24) is 4.98 Å². The minimum Gasteiger partial charge on any atom is -0.439 e. The first-order chi connectivity index (χ1) is 7.38. The van der Waals surface area contributed by atoms with Gasteiger partial charge in [-0.1, -0.05) is 0 Å². The lowest BCUT2D eigenvalue weighted by Crippen LogP contribution is -2.03. The topological polar surface area (TPSA) is 26.0 Å². The summed E-state index contributed by atoms with van der Waals surface area (Å²) < 4.78 is 42.4. The first-order valence-electron chi connectivity index (χ1n) is 4.49. The van der Waals surface area contributed by atoms with Crippen molar-refractivity contribution in [2.24, 2.45) is 0 Å². The van der Waals surface area contributed by atoms with E-state index in [4.69, 9.17) is 16.0 Å². The number of hydrogen-bond acceptors (Lipinski definition) is 2. The third-order valence-electron chi connectivity index (χ3n) is 2.07. The lowest BCUT2D eigenvalue weighted by atomic mass is 10.2. The first kappa shape index (κ1) is 11.3. The fraction of sp³-hybridized carbons (Fsp3) is 0.300. The molecule has 0 amide bonds. The molecule has 1 aromatic carbocycles. The van der Waals surface area contributed by atoms with Crippen LogP contribution in [0.3, 0.4) is 0 Å². The number of rotatable bonds is 1. The fourth-order valence-electron chi connectivity index (χ4n) is 1.29. The average Bonchev–Trinajstić information content (AvgIpc) is 2.58. The van der Waals surface area contributed by atoms with Crippen LogP contribution >= 0.6 is 11.6 Å². The summed E-state index contributed by atoms with van der Waals surface area (Å²) in [5.74, 6) is 0.219. The van der Waals surface area contributed by atoms with Crippen LogP contribution in [0.1, 0.15) is 23.8 Å². The lowest BCUT2D eigenvalue weighted by molar-refractivity contribution is -0.137. The van der Waals surface area contributed by atoms with E-state index in [1.165, 1.54) is 6.07 Å². The monoisotopic (exact) mass is 249 g/mol. The molecule has 16 heavy (non-hydrogen) atoms. The Hall–Kier alpha value is -1.23. The highest BCUT2D eigenvalue weighted by Crippen LogP contribution is 2.32. The van der Waals surface area contributed by atoms with Gasteiger partial charge in [0.1, 0.15) is 10.9 Å². The molecule has 0 aliphatic rings. The molecule has 2 nitrogen and oxygen atoms in total. The Kier molecular flexibility index (Phi) is 2.58. The maximum Gasteiger partial charge on any atom is 0.416 e. The maximum absolute atomic E-state index is 12.4. The number of aromatic nitrogens is 1. The van der Waals surface area contributed by atoms with E-state index in [0.29, 0.717) is 5.58 Å². The smallest absolute Gasteiger partial charge is 0.416 e. The van der Waals surface area contributed by atoms with Crippen molar-refractivity contribution < 1.29 is 17.6 Å². The van der Waals surface area contributed by atoms with Crippen molar-refractivity contribution in [3.63, 3.8) is 0 Å². The average molecular weight is 250 g/mol. The van der Waals surface area contributed by atoms with Gasteiger partial charge >= 0.3 is 6.18 Å². The van der Waals surface area contributed by atoms with Gasteiger partial charge in [0.15, 0.2) is 5.58 Å². The van der Waals surface area contributed by atoms with E-state index in [0.717, 1.165) is 12.1 Å². The highest BCUT2D eigenvalue weighted by atomic mass is 35.5. The molecule has 0 aliphatic heterocycles. The van der Waals surface area contributed by atoms with Gasteiger partial charge in [-0.15, -0.1) is 11.6 Å². The van der Waals surface area contributed by atoms with Crippen LogP contribution in [0.5, 0.6) is 0 Å². The van der Waals surface area contributed by atoms with Crippen molar-refractivity contribution in [3.05, 3.63) is 29.7 Å². The summed E-state index contributed by atoms with van der Waals surface area (Å²) in [5, 5.41) is -0.471. The predicted molar refractivity (Wildman–Crippen MR) is 53.3 cm³/mol. The third kappa shape index (κ3) is 2.00. The van der Waals surface area contributed by atoms with Crippen molar-refractivity contribution in [1.29, 1.82) is 0 Å². The zero-order valence-corrected chi connectivity index (χ0v) is 8.93. The fourth-order valence-corrected chi connectivity index (χ4v) is 1.39. The molecule has 1 unspecified atom stereocenters. The highest BCUT2D eigenvalue weighted by molar-refractivity contribution is 6.20. The van der Waals surface area contributed by atoms with E-state index in [1.807, 2.05) is 0 Å². The number of alkyl halides is 4. The summed E-state index contributed by atoms with van der Waals surface area (Å²) in [6, 6.07) is 3.14. The van der Waals surface area contributed by atoms with Gasteiger partial charge in [-0.25, -0.2) is 4.98 Å². The van der Waals surface area contributed by atoms with Crippen LogP contribution in [-0.4, -0.2) is 4.98 Å². The summed E-state index contributed by atoms with van der Waals surface area (Å²) in [4.78, 5) is 3.89. The third-order valence-corrected chi connectivity index (χ3v) is 2.26. The van der Waals surface area contributed by atoms with E-state index < -0.39 is 17.1 Å². The van der Waals surface area contributed by atoms with Crippen molar-refractivity contribution in [3.8, 4) is 0 Å². The number of oxazole rings is 1. The molecular weight excluding hydrogens is 243 g/mol. The summed E-state index contributed by atoms with van der Waals surface area (Å²) in [7, 11) is 0. The summed E-state index contributed by atoms with van der Waals surface area (Å²) in [6.07, 6.45) is -4.38. The summed E-state index contributed by atoms with van der Waals surface area (Å²) >= 11 is 5.73. The molecular formula is C10H7ClF3NO. The van der Waals surface area contributed by atoms with Crippen LogP contribution in [0, 0.1) is 0 Å². The van der Waals surface area contributed by atoms with Crippen LogP contribution < -0.4 is 0 Å². The molecule has 86 valence electrons. The standard InChI is InChI=1S/C10H7ClF3NO/c1-5(11)9-15-7-4-6(10(12,13)14)2-3-8(7)16-9/h2-5H,1H3. The van der Waals surface area contributed by atoms with E-state index in [9.17, 15) is 13.2 Å². The quantitative estimate of drug-likeness (QED) is 0.710. The predicted octanol–water partition coefficient (Wildman–Crippen LogP) is 4.15. The molecule has 2 aromatic rings. The zero-order valence-electron chi connectivity index (χ0n) is 8.18. The first-order valence-corrected chi connectivity index (χ1v) is 4.93. The molecule has 1 aromatic heterocycles. The minimum atomic E-state index is -4.38. The molecule has 1 atom stereocenters. The molecule has 0 bridgehead atoms. The van der Waals surface area contributed by atoms with Crippen LogP contribution in [0.4, 0.5) is 13.2 Å². The Morgan fingerprint density at radius 2 is 2.06 bits per heavy atom. The van der Waals surface area contributed by atoms with Crippen LogP contribution in [0.25, 0.3) is 11.1 Å². The van der Waals surface area contributed by atoms with Gasteiger partial charge in [0.05, 0.1) is 5.56 Å². The molecule has 0 N–H and O–H groups in total.